The number of rotatable bonds is 6. The van der Waals surface area contributed by atoms with Crippen molar-refractivity contribution in [2.45, 2.75) is 51.1 Å². The second kappa shape index (κ2) is 10.1. The lowest BCUT2D eigenvalue weighted by atomic mass is 9.78. The number of carbonyl (C=O) groups is 2. The summed E-state index contributed by atoms with van der Waals surface area (Å²) in [5, 5.41) is 2.92. The summed E-state index contributed by atoms with van der Waals surface area (Å²) in [6.07, 6.45) is 7.19. The second-order valence-corrected chi connectivity index (χ2v) is 8.70. The van der Waals surface area contributed by atoms with E-state index in [-0.39, 0.29) is 11.8 Å². The van der Waals surface area contributed by atoms with Crippen LogP contribution in [0.1, 0.15) is 64.8 Å². The SMILES string of the molecule is COc1ccc(CNC(=O)c2ccc(C(=O)N3CCC[C@@H]4CCCC[C@@H]43)cc2)cc1OC. The molecule has 0 aromatic heterocycles. The molecule has 2 fully saturated rings. The first-order chi connectivity index (χ1) is 15.6. The Morgan fingerprint density at radius 1 is 0.906 bits per heavy atom. The first-order valence-electron chi connectivity index (χ1n) is 11.5. The van der Waals surface area contributed by atoms with Gasteiger partial charge in [0.05, 0.1) is 14.2 Å². The molecule has 4 rings (SSSR count). The van der Waals surface area contributed by atoms with Crippen LogP contribution >= 0.6 is 0 Å². The van der Waals surface area contributed by atoms with E-state index in [4.69, 9.17) is 9.47 Å². The molecular weight excluding hydrogens is 404 g/mol. The van der Waals surface area contributed by atoms with Gasteiger partial charge in [-0.05, 0) is 73.6 Å². The molecule has 6 heteroatoms. The number of hydrogen-bond acceptors (Lipinski definition) is 4. The van der Waals surface area contributed by atoms with E-state index in [0.29, 0.717) is 41.1 Å². The minimum atomic E-state index is -0.177. The van der Waals surface area contributed by atoms with Gasteiger partial charge in [0.1, 0.15) is 0 Å². The lowest BCUT2D eigenvalue weighted by Crippen LogP contribution is -2.49. The molecule has 1 N–H and O–H groups in total. The minimum Gasteiger partial charge on any atom is -0.493 e. The number of likely N-dealkylation sites (tertiary alicyclic amines) is 1. The van der Waals surface area contributed by atoms with Gasteiger partial charge < -0.3 is 19.7 Å². The van der Waals surface area contributed by atoms with Crippen LogP contribution in [0.15, 0.2) is 42.5 Å². The monoisotopic (exact) mass is 436 g/mol. The van der Waals surface area contributed by atoms with Gasteiger partial charge in [0.2, 0.25) is 0 Å². The van der Waals surface area contributed by atoms with Crippen LogP contribution < -0.4 is 14.8 Å². The van der Waals surface area contributed by atoms with Crippen molar-refractivity contribution in [1.82, 2.24) is 10.2 Å². The molecule has 2 aromatic rings. The summed E-state index contributed by atoms with van der Waals surface area (Å²) in [4.78, 5) is 27.8. The Labute approximate surface area is 189 Å². The Morgan fingerprint density at radius 3 is 2.34 bits per heavy atom. The highest BCUT2D eigenvalue weighted by molar-refractivity contribution is 5.98. The zero-order chi connectivity index (χ0) is 22.5. The lowest BCUT2D eigenvalue weighted by Gasteiger charge is -2.44. The minimum absolute atomic E-state index is 0.0962. The molecule has 0 spiro atoms. The van der Waals surface area contributed by atoms with Crippen LogP contribution in [0.25, 0.3) is 0 Å². The summed E-state index contributed by atoms with van der Waals surface area (Å²) in [5.41, 5.74) is 2.11. The number of benzene rings is 2. The van der Waals surface area contributed by atoms with Gasteiger partial charge in [0, 0.05) is 30.3 Å². The molecule has 2 aromatic carbocycles. The molecule has 1 saturated heterocycles. The molecule has 2 aliphatic rings. The molecule has 1 aliphatic carbocycles. The maximum Gasteiger partial charge on any atom is 0.254 e. The van der Waals surface area contributed by atoms with Gasteiger partial charge in [0.15, 0.2) is 11.5 Å². The molecule has 2 amide bonds. The number of hydrogen-bond donors (Lipinski definition) is 1. The summed E-state index contributed by atoms with van der Waals surface area (Å²) >= 11 is 0. The highest BCUT2D eigenvalue weighted by atomic mass is 16.5. The Kier molecular flexibility index (Phi) is 6.98. The normalized spacial score (nSPS) is 20.2. The third-order valence-electron chi connectivity index (χ3n) is 6.80. The zero-order valence-corrected chi connectivity index (χ0v) is 18.9. The lowest BCUT2D eigenvalue weighted by molar-refractivity contribution is 0.0390. The molecule has 32 heavy (non-hydrogen) atoms. The van der Waals surface area contributed by atoms with Crippen LogP contribution in [0.3, 0.4) is 0 Å². The maximum atomic E-state index is 13.2. The van der Waals surface area contributed by atoms with Gasteiger partial charge in [0.25, 0.3) is 11.8 Å². The second-order valence-electron chi connectivity index (χ2n) is 8.70. The van der Waals surface area contributed by atoms with Gasteiger partial charge in [-0.1, -0.05) is 18.9 Å². The molecule has 170 valence electrons. The Morgan fingerprint density at radius 2 is 1.59 bits per heavy atom. The average Bonchev–Trinajstić information content (AvgIpc) is 2.86. The quantitative estimate of drug-likeness (QED) is 0.728. The van der Waals surface area contributed by atoms with E-state index in [1.54, 1.807) is 38.5 Å². The fourth-order valence-electron chi connectivity index (χ4n) is 5.08. The number of piperidine rings is 1. The maximum absolute atomic E-state index is 13.2. The van der Waals surface area contributed by atoms with Crippen molar-refractivity contribution < 1.29 is 19.1 Å². The van der Waals surface area contributed by atoms with Gasteiger partial charge in [-0.15, -0.1) is 0 Å². The molecule has 0 radical (unpaired) electrons. The van der Waals surface area contributed by atoms with E-state index in [1.165, 1.54) is 25.7 Å². The van der Waals surface area contributed by atoms with Crippen molar-refractivity contribution in [3.8, 4) is 11.5 Å². The van der Waals surface area contributed by atoms with Crippen molar-refractivity contribution in [2.75, 3.05) is 20.8 Å². The van der Waals surface area contributed by atoms with E-state index >= 15 is 0 Å². The summed E-state index contributed by atoms with van der Waals surface area (Å²) in [6.45, 7) is 1.21. The molecule has 1 heterocycles. The third kappa shape index (κ3) is 4.74. The number of nitrogens with one attached hydrogen (secondary N) is 1. The number of carbonyl (C=O) groups excluding carboxylic acids is 2. The van der Waals surface area contributed by atoms with Crippen LogP contribution in [0.5, 0.6) is 11.5 Å². The van der Waals surface area contributed by atoms with Gasteiger partial charge >= 0.3 is 0 Å². The van der Waals surface area contributed by atoms with Crippen LogP contribution in [0, 0.1) is 5.92 Å². The first-order valence-corrected chi connectivity index (χ1v) is 11.5. The third-order valence-corrected chi connectivity index (χ3v) is 6.80. The summed E-state index contributed by atoms with van der Waals surface area (Å²) in [5.74, 6) is 1.85. The molecule has 2 atom stereocenters. The molecular formula is C26H32N2O4. The summed E-state index contributed by atoms with van der Waals surface area (Å²) in [6, 6.07) is 13.0. The topological polar surface area (TPSA) is 67.9 Å². The average molecular weight is 437 g/mol. The van der Waals surface area contributed by atoms with Crippen LogP contribution in [0.2, 0.25) is 0 Å². The Hall–Kier alpha value is -3.02. The van der Waals surface area contributed by atoms with Gasteiger partial charge in [-0.25, -0.2) is 0 Å². The molecule has 1 aliphatic heterocycles. The fraction of sp³-hybridized carbons (Fsp3) is 0.462. The Balaban J connectivity index is 1.37. The van der Waals surface area contributed by atoms with E-state index in [0.717, 1.165) is 24.9 Å². The highest BCUT2D eigenvalue weighted by Gasteiger charge is 2.35. The van der Waals surface area contributed by atoms with Gasteiger partial charge in [-0.2, -0.15) is 0 Å². The highest BCUT2D eigenvalue weighted by Crippen LogP contribution is 2.36. The first kappa shape index (κ1) is 22.2. The van der Waals surface area contributed by atoms with E-state index in [9.17, 15) is 9.59 Å². The predicted molar refractivity (Wildman–Crippen MR) is 123 cm³/mol. The van der Waals surface area contributed by atoms with E-state index < -0.39 is 0 Å². The van der Waals surface area contributed by atoms with Crippen molar-refractivity contribution in [3.63, 3.8) is 0 Å². The van der Waals surface area contributed by atoms with E-state index in [1.807, 2.05) is 18.2 Å². The van der Waals surface area contributed by atoms with E-state index in [2.05, 4.69) is 10.2 Å². The fourth-order valence-corrected chi connectivity index (χ4v) is 5.08. The number of ether oxygens (including phenoxy) is 2. The summed E-state index contributed by atoms with van der Waals surface area (Å²) in [7, 11) is 3.17. The van der Waals surface area contributed by atoms with Crippen molar-refractivity contribution in [3.05, 3.63) is 59.2 Å². The molecule has 0 unspecified atom stereocenters. The number of methoxy groups -OCH3 is 2. The molecule has 0 bridgehead atoms. The van der Waals surface area contributed by atoms with Crippen LogP contribution in [-0.2, 0) is 6.54 Å². The smallest absolute Gasteiger partial charge is 0.254 e. The predicted octanol–water partition coefficient (Wildman–Crippen LogP) is 4.43. The number of nitrogens with zero attached hydrogens (tertiary/aromatic N) is 1. The van der Waals surface area contributed by atoms with Crippen molar-refractivity contribution in [2.24, 2.45) is 5.92 Å². The van der Waals surface area contributed by atoms with Crippen molar-refractivity contribution >= 4 is 11.8 Å². The van der Waals surface area contributed by atoms with Crippen LogP contribution in [-0.4, -0.2) is 43.5 Å². The molecule has 6 nitrogen and oxygen atoms in total. The summed E-state index contributed by atoms with van der Waals surface area (Å²) < 4.78 is 10.6. The Bertz CT molecular complexity index is 955. The zero-order valence-electron chi connectivity index (χ0n) is 18.9. The van der Waals surface area contributed by atoms with Crippen molar-refractivity contribution in [1.29, 1.82) is 0 Å². The molecule has 1 saturated carbocycles. The standard InChI is InChI=1S/C26H32N2O4/c1-31-23-14-9-18(16-24(23)32-2)17-27-25(29)20-10-12-21(13-11-20)26(30)28-15-5-7-19-6-3-4-8-22(19)28/h9-14,16,19,22H,3-8,15,17H2,1-2H3,(H,27,29)/t19-,22-/m0/s1. The number of amides is 2. The number of fused-ring (bicyclic) bond motifs is 1. The van der Waals surface area contributed by atoms with Crippen LogP contribution in [0.4, 0.5) is 0 Å². The largest absolute Gasteiger partial charge is 0.493 e. The van der Waals surface area contributed by atoms with Gasteiger partial charge in [-0.3, -0.25) is 9.59 Å².